The number of methoxy groups -OCH3 is 1. The minimum absolute atomic E-state index is 0.0551. The molecular formula is C15H13N3O4. The Morgan fingerprint density at radius 3 is 2.68 bits per heavy atom. The van der Waals surface area contributed by atoms with Gasteiger partial charge in [0.15, 0.2) is 11.6 Å². The summed E-state index contributed by atoms with van der Waals surface area (Å²) in [5, 5.41) is 21.1. The third kappa shape index (κ3) is 1.91. The molecule has 0 atom stereocenters. The highest BCUT2D eigenvalue weighted by molar-refractivity contribution is 5.96. The van der Waals surface area contributed by atoms with E-state index in [4.69, 9.17) is 10.5 Å². The first-order valence-electron chi connectivity index (χ1n) is 6.40. The van der Waals surface area contributed by atoms with E-state index in [1.54, 1.807) is 18.2 Å². The van der Waals surface area contributed by atoms with Gasteiger partial charge >= 0.3 is 0 Å². The van der Waals surface area contributed by atoms with Gasteiger partial charge in [-0.05, 0) is 30.3 Å². The predicted molar refractivity (Wildman–Crippen MR) is 81.6 cm³/mol. The van der Waals surface area contributed by atoms with Crippen LogP contribution in [-0.2, 0) is 0 Å². The molecule has 7 nitrogen and oxygen atoms in total. The molecule has 0 aliphatic heterocycles. The maximum absolute atomic E-state index is 12.4. The van der Waals surface area contributed by atoms with Crippen LogP contribution >= 0.6 is 0 Å². The van der Waals surface area contributed by atoms with E-state index in [0.29, 0.717) is 16.5 Å². The summed E-state index contributed by atoms with van der Waals surface area (Å²) in [5.41, 5.74) is 5.15. The van der Waals surface area contributed by atoms with E-state index < -0.39 is 5.56 Å². The van der Waals surface area contributed by atoms with E-state index in [-0.39, 0.29) is 23.1 Å². The molecule has 0 aliphatic carbocycles. The number of ether oxygens (including phenoxy) is 1. The monoisotopic (exact) mass is 299 g/mol. The standard InChI is InChI=1S/C15H13N3O4/c1-22-8-4-5-9-10(7-8)14(20)18(15(21)12(9)16)13-11(19)3-2-6-17-13/h2-7,19-20H,16H2,1H3. The fourth-order valence-corrected chi connectivity index (χ4v) is 2.28. The molecule has 0 unspecified atom stereocenters. The zero-order chi connectivity index (χ0) is 15.9. The molecule has 1 aromatic carbocycles. The highest BCUT2D eigenvalue weighted by Gasteiger charge is 2.18. The SMILES string of the molecule is COc1ccc2c(N)c(=O)n(-c3ncccc3O)c(O)c2c1. The van der Waals surface area contributed by atoms with Gasteiger partial charge in [-0.2, -0.15) is 0 Å². The second-order valence-electron chi connectivity index (χ2n) is 4.64. The van der Waals surface area contributed by atoms with Gasteiger partial charge in [-0.15, -0.1) is 0 Å². The predicted octanol–water partition coefficient (Wildman–Crippen LogP) is 1.39. The molecule has 2 heterocycles. The second kappa shape index (κ2) is 4.96. The van der Waals surface area contributed by atoms with Gasteiger partial charge in [0.2, 0.25) is 5.88 Å². The normalized spacial score (nSPS) is 10.8. The fourth-order valence-electron chi connectivity index (χ4n) is 2.28. The van der Waals surface area contributed by atoms with Crippen LogP contribution in [0.4, 0.5) is 5.69 Å². The minimum Gasteiger partial charge on any atom is -0.504 e. The molecule has 0 fully saturated rings. The zero-order valence-electron chi connectivity index (χ0n) is 11.6. The maximum Gasteiger partial charge on any atom is 0.283 e. The van der Waals surface area contributed by atoms with Gasteiger partial charge in [-0.1, -0.05) is 0 Å². The minimum atomic E-state index is -0.663. The van der Waals surface area contributed by atoms with Gasteiger partial charge < -0.3 is 20.7 Å². The van der Waals surface area contributed by atoms with Gasteiger partial charge in [-0.3, -0.25) is 4.79 Å². The van der Waals surface area contributed by atoms with Crippen molar-refractivity contribution in [2.24, 2.45) is 0 Å². The Morgan fingerprint density at radius 2 is 2.00 bits per heavy atom. The Kier molecular flexibility index (Phi) is 3.10. The number of hydrogen-bond acceptors (Lipinski definition) is 6. The van der Waals surface area contributed by atoms with Crippen LogP contribution in [0.25, 0.3) is 16.6 Å². The summed E-state index contributed by atoms with van der Waals surface area (Å²) in [4.78, 5) is 16.3. The first kappa shape index (κ1) is 13.7. The van der Waals surface area contributed by atoms with Gasteiger partial charge in [0.25, 0.3) is 5.56 Å². The smallest absolute Gasteiger partial charge is 0.283 e. The molecule has 0 radical (unpaired) electrons. The Balaban J connectivity index is 2.46. The Labute approximate surface area is 124 Å². The van der Waals surface area contributed by atoms with Crippen molar-refractivity contribution in [3.8, 4) is 23.2 Å². The average Bonchev–Trinajstić information content (AvgIpc) is 2.54. The molecule has 22 heavy (non-hydrogen) atoms. The summed E-state index contributed by atoms with van der Waals surface area (Å²) >= 11 is 0. The number of rotatable bonds is 2. The molecule has 0 saturated heterocycles. The van der Waals surface area contributed by atoms with Crippen molar-refractivity contribution in [3.63, 3.8) is 0 Å². The van der Waals surface area contributed by atoms with Crippen molar-refractivity contribution in [2.75, 3.05) is 12.8 Å². The quantitative estimate of drug-likeness (QED) is 0.659. The highest BCUT2D eigenvalue weighted by atomic mass is 16.5. The second-order valence-corrected chi connectivity index (χ2v) is 4.64. The van der Waals surface area contributed by atoms with Crippen LogP contribution in [0, 0.1) is 0 Å². The number of aromatic nitrogens is 2. The summed E-state index contributed by atoms with van der Waals surface area (Å²) in [7, 11) is 1.49. The molecule has 0 spiro atoms. The molecule has 0 bridgehead atoms. The maximum atomic E-state index is 12.4. The zero-order valence-corrected chi connectivity index (χ0v) is 11.6. The van der Waals surface area contributed by atoms with Crippen LogP contribution in [0.2, 0.25) is 0 Å². The van der Waals surface area contributed by atoms with Crippen LogP contribution in [0.5, 0.6) is 17.4 Å². The lowest BCUT2D eigenvalue weighted by Crippen LogP contribution is -2.22. The molecule has 112 valence electrons. The molecule has 0 amide bonds. The van der Waals surface area contributed by atoms with Gasteiger partial charge in [0.05, 0.1) is 7.11 Å². The van der Waals surface area contributed by atoms with E-state index in [1.165, 1.54) is 25.4 Å². The van der Waals surface area contributed by atoms with Crippen LogP contribution in [0.15, 0.2) is 41.3 Å². The number of aromatic hydroxyl groups is 2. The summed E-state index contributed by atoms with van der Waals surface area (Å²) < 4.78 is 5.98. The van der Waals surface area contributed by atoms with E-state index in [1.807, 2.05) is 0 Å². The van der Waals surface area contributed by atoms with E-state index >= 15 is 0 Å². The van der Waals surface area contributed by atoms with Crippen molar-refractivity contribution in [1.29, 1.82) is 0 Å². The van der Waals surface area contributed by atoms with Crippen LogP contribution in [0.1, 0.15) is 0 Å². The van der Waals surface area contributed by atoms with Crippen molar-refractivity contribution < 1.29 is 14.9 Å². The number of benzene rings is 1. The highest BCUT2D eigenvalue weighted by Crippen LogP contribution is 2.32. The molecule has 0 aliphatic rings. The van der Waals surface area contributed by atoms with E-state index in [0.717, 1.165) is 4.57 Å². The van der Waals surface area contributed by atoms with Crippen LogP contribution in [0.3, 0.4) is 0 Å². The summed E-state index contributed by atoms with van der Waals surface area (Å²) in [5.74, 6) is -0.220. The average molecular weight is 299 g/mol. The number of fused-ring (bicyclic) bond motifs is 1. The Bertz CT molecular complexity index is 934. The molecule has 7 heteroatoms. The van der Waals surface area contributed by atoms with Gasteiger partial charge in [0, 0.05) is 17.0 Å². The molecule has 3 rings (SSSR count). The molecule has 0 saturated carbocycles. The fraction of sp³-hybridized carbons (Fsp3) is 0.0667. The lowest BCUT2D eigenvalue weighted by molar-refractivity contribution is 0.413. The lowest BCUT2D eigenvalue weighted by atomic mass is 10.1. The number of hydrogen-bond donors (Lipinski definition) is 3. The molecular weight excluding hydrogens is 286 g/mol. The first-order valence-corrected chi connectivity index (χ1v) is 6.40. The first-order chi connectivity index (χ1) is 10.5. The third-order valence-electron chi connectivity index (χ3n) is 3.38. The van der Waals surface area contributed by atoms with Crippen molar-refractivity contribution in [3.05, 3.63) is 46.9 Å². The van der Waals surface area contributed by atoms with Crippen LogP contribution < -0.4 is 16.0 Å². The van der Waals surface area contributed by atoms with Gasteiger partial charge in [-0.25, -0.2) is 9.55 Å². The Hall–Kier alpha value is -3.22. The molecule has 4 N–H and O–H groups in total. The number of anilines is 1. The topological polar surface area (TPSA) is 111 Å². The van der Waals surface area contributed by atoms with Gasteiger partial charge in [0.1, 0.15) is 11.4 Å². The van der Waals surface area contributed by atoms with E-state index in [9.17, 15) is 15.0 Å². The van der Waals surface area contributed by atoms with Crippen molar-refractivity contribution >= 4 is 16.5 Å². The third-order valence-corrected chi connectivity index (χ3v) is 3.38. The summed E-state index contributed by atoms with van der Waals surface area (Å²) in [6, 6.07) is 7.65. The van der Waals surface area contributed by atoms with Crippen molar-refractivity contribution in [1.82, 2.24) is 9.55 Å². The number of nitrogens with zero attached hydrogens (tertiary/aromatic N) is 2. The lowest BCUT2D eigenvalue weighted by Gasteiger charge is -2.13. The Morgan fingerprint density at radius 1 is 1.23 bits per heavy atom. The molecule has 3 aromatic rings. The van der Waals surface area contributed by atoms with Crippen LogP contribution in [-0.4, -0.2) is 26.9 Å². The summed E-state index contributed by atoms with van der Waals surface area (Å²) in [6.07, 6.45) is 1.40. The van der Waals surface area contributed by atoms with E-state index in [2.05, 4.69) is 4.98 Å². The summed E-state index contributed by atoms with van der Waals surface area (Å²) in [6.45, 7) is 0. The largest absolute Gasteiger partial charge is 0.504 e. The number of nitrogen functional groups attached to an aromatic ring is 1. The number of pyridine rings is 2. The van der Waals surface area contributed by atoms with Crippen molar-refractivity contribution in [2.45, 2.75) is 0 Å². The molecule has 2 aromatic heterocycles. The number of nitrogens with two attached hydrogens (primary N) is 1.